The zero-order chi connectivity index (χ0) is 14.6. The van der Waals surface area contributed by atoms with Gasteiger partial charge in [0, 0.05) is 16.6 Å². The molecule has 0 saturated heterocycles. The first-order chi connectivity index (χ1) is 9.48. The van der Waals surface area contributed by atoms with Crippen LogP contribution in [0.2, 0.25) is 0 Å². The highest BCUT2D eigenvalue weighted by Crippen LogP contribution is 2.41. The fraction of sp³-hybridized carbons (Fsp3) is 0.600. The Balaban J connectivity index is 2.05. The summed E-state index contributed by atoms with van der Waals surface area (Å²) in [5.41, 5.74) is -3.63. The second-order valence-electron chi connectivity index (χ2n) is 5.33. The van der Waals surface area contributed by atoms with E-state index >= 15 is 0 Å². The Morgan fingerprint density at radius 2 is 2.00 bits per heavy atom. The van der Waals surface area contributed by atoms with Gasteiger partial charge in [-0.25, -0.2) is 0 Å². The molecule has 1 N–H and O–H groups in total. The van der Waals surface area contributed by atoms with E-state index in [4.69, 9.17) is 0 Å². The van der Waals surface area contributed by atoms with Crippen molar-refractivity contribution < 1.29 is 13.2 Å². The van der Waals surface area contributed by atoms with Gasteiger partial charge in [0.25, 0.3) is 0 Å². The summed E-state index contributed by atoms with van der Waals surface area (Å²) in [6.45, 7) is 2.18. The van der Waals surface area contributed by atoms with Gasteiger partial charge >= 0.3 is 5.51 Å². The van der Waals surface area contributed by atoms with Gasteiger partial charge in [-0.3, -0.25) is 0 Å². The quantitative estimate of drug-likeness (QED) is 0.718. The molecular formula is C15H20F3NS. The van der Waals surface area contributed by atoms with Crippen LogP contribution in [0.3, 0.4) is 0 Å². The second kappa shape index (κ2) is 6.74. The highest BCUT2D eigenvalue weighted by Gasteiger charge is 2.31. The standard InChI is InChI=1S/C15H20F3NS/c1-2-11-6-5-7-12(10-11)19-13-8-3-4-9-14(13)20-15(16,17)18/h3-4,8-9,11-12,19H,2,5-7,10H2,1H3. The van der Waals surface area contributed by atoms with Gasteiger partial charge in [0.2, 0.25) is 0 Å². The van der Waals surface area contributed by atoms with Crippen molar-refractivity contribution in [2.75, 3.05) is 5.32 Å². The molecule has 1 aliphatic carbocycles. The van der Waals surface area contributed by atoms with E-state index in [1.54, 1.807) is 18.2 Å². The summed E-state index contributed by atoms with van der Waals surface area (Å²) in [5, 5.41) is 3.32. The second-order valence-corrected chi connectivity index (χ2v) is 6.43. The van der Waals surface area contributed by atoms with Crippen LogP contribution in [-0.4, -0.2) is 11.6 Å². The largest absolute Gasteiger partial charge is 0.446 e. The number of para-hydroxylation sites is 1. The number of halogens is 3. The molecule has 20 heavy (non-hydrogen) atoms. The smallest absolute Gasteiger partial charge is 0.381 e. The molecule has 1 saturated carbocycles. The fourth-order valence-electron chi connectivity index (χ4n) is 2.81. The van der Waals surface area contributed by atoms with E-state index in [9.17, 15) is 13.2 Å². The molecule has 0 aliphatic heterocycles. The average Bonchev–Trinajstić information content (AvgIpc) is 2.40. The van der Waals surface area contributed by atoms with Crippen molar-refractivity contribution >= 4 is 17.4 Å². The van der Waals surface area contributed by atoms with Crippen molar-refractivity contribution in [3.8, 4) is 0 Å². The van der Waals surface area contributed by atoms with Gasteiger partial charge in [0.1, 0.15) is 0 Å². The zero-order valence-electron chi connectivity index (χ0n) is 11.5. The summed E-state index contributed by atoms with van der Waals surface area (Å²) in [7, 11) is 0. The van der Waals surface area contributed by atoms with Crippen molar-refractivity contribution in [3.05, 3.63) is 24.3 Å². The third-order valence-electron chi connectivity index (χ3n) is 3.83. The molecule has 2 rings (SSSR count). The predicted octanol–water partition coefficient (Wildman–Crippen LogP) is 5.68. The zero-order valence-corrected chi connectivity index (χ0v) is 12.4. The summed E-state index contributed by atoms with van der Waals surface area (Å²) in [4.78, 5) is 0.263. The van der Waals surface area contributed by atoms with Crippen molar-refractivity contribution in [1.29, 1.82) is 0 Å². The topological polar surface area (TPSA) is 12.0 Å². The normalized spacial score (nSPS) is 23.6. The van der Waals surface area contributed by atoms with Gasteiger partial charge in [0.15, 0.2) is 0 Å². The van der Waals surface area contributed by atoms with Crippen LogP contribution >= 0.6 is 11.8 Å². The monoisotopic (exact) mass is 303 g/mol. The number of nitrogens with one attached hydrogen (secondary N) is 1. The van der Waals surface area contributed by atoms with Gasteiger partial charge in [-0.15, -0.1) is 0 Å². The minimum Gasteiger partial charge on any atom is -0.381 e. The lowest BCUT2D eigenvalue weighted by Gasteiger charge is -2.30. The maximum absolute atomic E-state index is 12.6. The van der Waals surface area contributed by atoms with E-state index in [-0.39, 0.29) is 16.7 Å². The van der Waals surface area contributed by atoms with E-state index in [2.05, 4.69) is 12.2 Å². The molecule has 1 aliphatic rings. The highest BCUT2D eigenvalue weighted by molar-refractivity contribution is 8.00. The lowest BCUT2D eigenvalue weighted by atomic mass is 9.84. The third kappa shape index (κ3) is 4.62. The van der Waals surface area contributed by atoms with E-state index < -0.39 is 5.51 Å². The Labute approximate surface area is 122 Å². The average molecular weight is 303 g/mol. The molecule has 0 heterocycles. The minimum absolute atomic E-state index is 0.0400. The molecule has 0 amide bonds. The van der Waals surface area contributed by atoms with Crippen molar-refractivity contribution in [1.82, 2.24) is 0 Å². The van der Waals surface area contributed by atoms with Gasteiger partial charge in [-0.05, 0) is 42.7 Å². The minimum atomic E-state index is -4.24. The van der Waals surface area contributed by atoms with Crippen LogP contribution in [0.15, 0.2) is 29.2 Å². The fourth-order valence-corrected chi connectivity index (χ4v) is 3.45. The summed E-state index contributed by atoms with van der Waals surface area (Å²) in [5.74, 6) is 0.698. The lowest BCUT2D eigenvalue weighted by Crippen LogP contribution is -2.27. The molecule has 0 radical (unpaired) electrons. The van der Waals surface area contributed by atoms with E-state index in [1.807, 2.05) is 0 Å². The summed E-state index contributed by atoms with van der Waals surface area (Å²) in [6.07, 6.45) is 5.65. The van der Waals surface area contributed by atoms with Crippen molar-refractivity contribution in [2.45, 2.75) is 55.5 Å². The predicted molar refractivity (Wildman–Crippen MR) is 78.0 cm³/mol. The van der Waals surface area contributed by atoms with Gasteiger partial charge in [-0.2, -0.15) is 13.2 Å². The molecule has 2 unspecified atom stereocenters. The van der Waals surface area contributed by atoms with Crippen LogP contribution in [0.1, 0.15) is 39.0 Å². The molecule has 0 spiro atoms. The number of hydrogen-bond acceptors (Lipinski definition) is 2. The van der Waals surface area contributed by atoms with Gasteiger partial charge < -0.3 is 5.32 Å². The first-order valence-corrected chi connectivity index (χ1v) is 7.91. The first kappa shape index (κ1) is 15.5. The molecule has 112 valence electrons. The number of rotatable bonds is 4. The highest BCUT2D eigenvalue weighted by atomic mass is 32.2. The van der Waals surface area contributed by atoms with Crippen molar-refractivity contribution in [2.24, 2.45) is 5.92 Å². The molecular weight excluding hydrogens is 283 g/mol. The van der Waals surface area contributed by atoms with Crippen LogP contribution in [-0.2, 0) is 0 Å². The molecule has 2 atom stereocenters. The Kier molecular flexibility index (Phi) is 5.24. The summed E-state index contributed by atoms with van der Waals surface area (Å²) in [6, 6.07) is 6.99. The summed E-state index contributed by atoms with van der Waals surface area (Å²) >= 11 is -0.0400. The maximum atomic E-state index is 12.6. The third-order valence-corrected chi connectivity index (χ3v) is 4.64. The Morgan fingerprint density at radius 1 is 1.25 bits per heavy atom. The van der Waals surface area contributed by atoms with Crippen molar-refractivity contribution in [3.63, 3.8) is 0 Å². The van der Waals surface area contributed by atoms with E-state index in [0.717, 1.165) is 25.7 Å². The Bertz CT molecular complexity index is 433. The Morgan fingerprint density at radius 3 is 2.70 bits per heavy atom. The van der Waals surface area contributed by atoms with Crippen LogP contribution in [0, 0.1) is 5.92 Å². The maximum Gasteiger partial charge on any atom is 0.446 e. The van der Waals surface area contributed by atoms with E-state index in [1.165, 1.54) is 12.5 Å². The van der Waals surface area contributed by atoms with E-state index in [0.29, 0.717) is 17.6 Å². The number of thioether (sulfide) groups is 1. The molecule has 0 bridgehead atoms. The first-order valence-electron chi connectivity index (χ1n) is 7.09. The van der Waals surface area contributed by atoms with Crippen LogP contribution in [0.25, 0.3) is 0 Å². The van der Waals surface area contributed by atoms with Crippen LogP contribution < -0.4 is 5.32 Å². The van der Waals surface area contributed by atoms with Gasteiger partial charge in [-0.1, -0.05) is 38.3 Å². The molecule has 0 aromatic heterocycles. The number of hydrogen-bond donors (Lipinski definition) is 1. The number of benzene rings is 1. The molecule has 1 fully saturated rings. The van der Waals surface area contributed by atoms with Gasteiger partial charge in [0.05, 0.1) is 0 Å². The summed E-state index contributed by atoms with van der Waals surface area (Å²) < 4.78 is 37.7. The SMILES string of the molecule is CCC1CCCC(Nc2ccccc2SC(F)(F)F)C1. The molecule has 1 nitrogen and oxygen atoms in total. The van der Waals surface area contributed by atoms with Crippen LogP contribution in [0.4, 0.5) is 18.9 Å². The molecule has 1 aromatic rings. The number of alkyl halides is 3. The Hall–Kier alpha value is -0.840. The lowest BCUT2D eigenvalue weighted by molar-refractivity contribution is -0.0327. The number of anilines is 1. The molecule has 5 heteroatoms. The molecule has 1 aromatic carbocycles. The van der Waals surface area contributed by atoms with Crippen LogP contribution in [0.5, 0.6) is 0 Å².